The maximum atomic E-state index is 2.18. The Balaban J connectivity index is 4.81. The standard InChI is InChI=1S/C8H21N3Si/c1-9(2)7(10(3)4)8(12)11(5)6/h1-6,12H3. The van der Waals surface area contributed by atoms with E-state index in [0.717, 1.165) is 10.2 Å². The number of hydrogen-bond donors (Lipinski definition) is 0. The molecule has 0 bridgehead atoms. The molecule has 3 nitrogen and oxygen atoms in total. The van der Waals surface area contributed by atoms with Crippen LogP contribution in [0.4, 0.5) is 0 Å². The molecule has 0 fully saturated rings. The van der Waals surface area contributed by atoms with Gasteiger partial charge in [0, 0.05) is 47.6 Å². The third-order valence-electron chi connectivity index (χ3n) is 1.84. The van der Waals surface area contributed by atoms with Gasteiger partial charge in [-0.15, -0.1) is 0 Å². The second kappa shape index (κ2) is 4.40. The minimum atomic E-state index is 1.07. The van der Waals surface area contributed by atoms with Crippen molar-refractivity contribution in [3.63, 3.8) is 0 Å². The summed E-state index contributed by atoms with van der Waals surface area (Å²) >= 11 is 0. The maximum Gasteiger partial charge on any atom is 0.117 e. The molecule has 0 aromatic rings. The summed E-state index contributed by atoms with van der Waals surface area (Å²) in [6.07, 6.45) is 0. The first-order valence-electron chi connectivity index (χ1n) is 4.10. The lowest BCUT2D eigenvalue weighted by Crippen LogP contribution is -2.30. The molecular weight excluding hydrogens is 166 g/mol. The van der Waals surface area contributed by atoms with Gasteiger partial charge in [-0.3, -0.25) is 0 Å². The Labute approximate surface area is 79.1 Å². The lowest BCUT2D eigenvalue weighted by atomic mass is 10.5. The molecule has 0 saturated carbocycles. The van der Waals surface area contributed by atoms with E-state index in [9.17, 15) is 0 Å². The van der Waals surface area contributed by atoms with Crippen LogP contribution in [0.2, 0.25) is 0 Å². The first-order chi connectivity index (χ1) is 5.37. The second-order valence-electron chi connectivity index (χ2n) is 3.59. The smallest absolute Gasteiger partial charge is 0.117 e. The third-order valence-corrected chi connectivity index (χ3v) is 3.18. The zero-order valence-electron chi connectivity index (χ0n) is 9.34. The van der Waals surface area contributed by atoms with Crippen LogP contribution in [0.5, 0.6) is 0 Å². The minimum absolute atomic E-state index is 1.07. The van der Waals surface area contributed by atoms with Crippen molar-refractivity contribution in [3.05, 3.63) is 11.1 Å². The van der Waals surface area contributed by atoms with Crippen LogP contribution in [-0.2, 0) is 0 Å². The van der Waals surface area contributed by atoms with Crippen molar-refractivity contribution < 1.29 is 0 Å². The molecule has 72 valence electrons. The molecule has 0 aliphatic heterocycles. The van der Waals surface area contributed by atoms with Gasteiger partial charge in [0.25, 0.3) is 0 Å². The Hall–Kier alpha value is -0.643. The molecule has 0 aromatic heterocycles. The van der Waals surface area contributed by atoms with Crippen molar-refractivity contribution >= 4 is 10.2 Å². The summed E-state index contributed by atoms with van der Waals surface area (Å²) in [6.45, 7) is 0. The summed E-state index contributed by atoms with van der Waals surface area (Å²) in [4.78, 5) is 6.49. The minimum Gasteiger partial charge on any atom is -0.382 e. The third kappa shape index (κ3) is 2.77. The first kappa shape index (κ1) is 11.4. The fraction of sp³-hybridized carbons (Fsp3) is 0.750. The summed E-state index contributed by atoms with van der Waals surface area (Å²) in [5.74, 6) is 1.30. The van der Waals surface area contributed by atoms with Crippen molar-refractivity contribution in [2.75, 3.05) is 42.3 Å². The zero-order chi connectivity index (χ0) is 9.89. The van der Waals surface area contributed by atoms with Gasteiger partial charge in [-0.05, 0) is 0 Å². The molecule has 0 amide bonds. The van der Waals surface area contributed by atoms with Gasteiger partial charge in [0.1, 0.15) is 5.82 Å². The molecule has 0 atom stereocenters. The van der Waals surface area contributed by atoms with Crippen LogP contribution in [0.15, 0.2) is 11.1 Å². The summed E-state index contributed by atoms with van der Waals surface area (Å²) in [5.41, 5.74) is 0. The molecule has 0 unspecified atom stereocenters. The topological polar surface area (TPSA) is 9.72 Å². The van der Waals surface area contributed by atoms with Crippen LogP contribution in [0.25, 0.3) is 0 Å². The normalized spacial score (nSPS) is 9.50. The first-order valence-corrected chi connectivity index (χ1v) is 5.10. The number of nitrogens with zero attached hydrogens (tertiary/aromatic N) is 3. The molecule has 0 N–H and O–H groups in total. The second-order valence-corrected chi connectivity index (χ2v) is 4.54. The monoisotopic (exact) mass is 187 g/mol. The summed E-state index contributed by atoms with van der Waals surface area (Å²) in [6, 6.07) is 0. The van der Waals surface area contributed by atoms with E-state index in [1.807, 2.05) is 0 Å². The van der Waals surface area contributed by atoms with Crippen LogP contribution >= 0.6 is 0 Å². The Kier molecular flexibility index (Phi) is 4.16. The summed E-state index contributed by atoms with van der Waals surface area (Å²) in [7, 11) is 13.6. The highest BCUT2D eigenvalue weighted by atomic mass is 28.1. The van der Waals surface area contributed by atoms with Gasteiger partial charge in [0.2, 0.25) is 0 Å². The van der Waals surface area contributed by atoms with E-state index in [1.165, 1.54) is 11.1 Å². The molecule has 0 rings (SSSR count). The summed E-state index contributed by atoms with van der Waals surface area (Å²) in [5, 5.41) is 1.41. The van der Waals surface area contributed by atoms with Crippen molar-refractivity contribution in [2.45, 2.75) is 0 Å². The Morgan fingerprint density at radius 2 is 1.08 bits per heavy atom. The highest BCUT2D eigenvalue weighted by molar-refractivity contribution is 6.21. The average molecular weight is 187 g/mol. The number of hydrogen-bond acceptors (Lipinski definition) is 3. The number of rotatable bonds is 3. The van der Waals surface area contributed by atoms with E-state index in [2.05, 4.69) is 57.0 Å². The molecule has 12 heavy (non-hydrogen) atoms. The van der Waals surface area contributed by atoms with Crippen LogP contribution in [0.1, 0.15) is 0 Å². The van der Waals surface area contributed by atoms with Gasteiger partial charge >= 0.3 is 0 Å². The molecule has 0 heterocycles. The molecule has 0 aliphatic carbocycles. The fourth-order valence-electron chi connectivity index (χ4n) is 1.25. The van der Waals surface area contributed by atoms with Crippen LogP contribution in [0.3, 0.4) is 0 Å². The van der Waals surface area contributed by atoms with Crippen molar-refractivity contribution in [2.24, 2.45) is 0 Å². The Morgan fingerprint density at radius 3 is 1.17 bits per heavy atom. The van der Waals surface area contributed by atoms with Crippen molar-refractivity contribution in [1.82, 2.24) is 14.7 Å². The quantitative estimate of drug-likeness (QED) is 0.534. The van der Waals surface area contributed by atoms with Crippen LogP contribution in [0, 0.1) is 0 Å². The molecule has 4 heteroatoms. The van der Waals surface area contributed by atoms with Crippen molar-refractivity contribution in [1.29, 1.82) is 0 Å². The van der Waals surface area contributed by atoms with Gasteiger partial charge in [0.05, 0.1) is 10.2 Å². The largest absolute Gasteiger partial charge is 0.382 e. The van der Waals surface area contributed by atoms with E-state index in [0.29, 0.717) is 0 Å². The van der Waals surface area contributed by atoms with Crippen LogP contribution < -0.4 is 0 Å². The summed E-state index contributed by atoms with van der Waals surface area (Å²) < 4.78 is 0. The predicted octanol–water partition coefficient (Wildman–Crippen LogP) is -0.837. The Morgan fingerprint density at radius 1 is 0.750 bits per heavy atom. The Bertz CT molecular complexity index is 163. The average Bonchev–Trinajstić information content (AvgIpc) is 1.85. The zero-order valence-corrected chi connectivity index (χ0v) is 11.3. The predicted molar refractivity (Wildman–Crippen MR) is 58.0 cm³/mol. The van der Waals surface area contributed by atoms with Gasteiger partial charge < -0.3 is 14.7 Å². The highest BCUT2D eigenvalue weighted by Crippen LogP contribution is 2.08. The van der Waals surface area contributed by atoms with Gasteiger partial charge in [-0.25, -0.2) is 0 Å². The SMILES string of the molecule is CN(C)C([SiH3])=C(N(C)C)N(C)C. The molecule has 0 saturated heterocycles. The highest BCUT2D eigenvalue weighted by Gasteiger charge is 2.07. The van der Waals surface area contributed by atoms with E-state index in [1.54, 1.807) is 0 Å². The van der Waals surface area contributed by atoms with E-state index in [4.69, 9.17) is 0 Å². The van der Waals surface area contributed by atoms with E-state index < -0.39 is 0 Å². The lowest BCUT2D eigenvalue weighted by Gasteiger charge is -2.29. The fourth-order valence-corrected chi connectivity index (χ4v) is 2.14. The molecule has 0 spiro atoms. The van der Waals surface area contributed by atoms with Crippen LogP contribution in [-0.4, -0.2) is 67.2 Å². The molecule has 0 aliphatic rings. The molecule has 0 radical (unpaired) electrons. The molecular formula is C8H21N3Si. The lowest BCUT2D eigenvalue weighted by molar-refractivity contribution is 0.322. The maximum absolute atomic E-state index is 2.18. The van der Waals surface area contributed by atoms with Gasteiger partial charge in [-0.2, -0.15) is 0 Å². The molecule has 0 aromatic carbocycles. The van der Waals surface area contributed by atoms with Crippen molar-refractivity contribution in [3.8, 4) is 0 Å². The van der Waals surface area contributed by atoms with E-state index in [-0.39, 0.29) is 0 Å². The van der Waals surface area contributed by atoms with Gasteiger partial charge in [-0.1, -0.05) is 0 Å². The van der Waals surface area contributed by atoms with Gasteiger partial charge in [0.15, 0.2) is 0 Å². The van der Waals surface area contributed by atoms with E-state index >= 15 is 0 Å².